The third kappa shape index (κ3) is 4.56. The molecule has 0 aliphatic heterocycles. The maximum absolute atomic E-state index is 5.91. The lowest BCUT2D eigenvalue weighted by Crippen LogP contribution is -2.22. The fraction of sp³-hybridized carbons (Fsp3) is 0.158. The van der Waals surface area contributed by atoms with E-state index in [-0.39, 0.29) is 0 Å². The number of pyridine rings is 1. The minimum absolute atomic E-state index is 0.402. The van der Waals surface area contributed by atoms with Crippen molar-refractivity contribution in [1.29, 1.82) is 0 Å². The molecule has 0 radical (unpaired) electrons. The predicted molar refractivity (Wildman–Crippen MR) is 116 cm³/mol. The van der Waals surface area contributed by atoms with E-state index in [1.807, 2.05) is 30.3 Å². The maximum atomic E-state index is 5.91. The van der Waals surface area contributed by atoms with Crippen LogP contribution in [-0.4, -0.2) is 23.7 Å². The largest absolute Gasteiger partial charge is 0.372 e. The normalized spacial score (nSPS) is 10.4. The summed E-state index contributed by atoms with van der Waals surface area (Å²) in [6.07, 6.45) is 1.75. The zero-order chi connectivity index (χ0) is 18.5. The molecule has 0 fully saturated rings. The lowest BCUT2D eigenvalue weighted by atomic mass is 10.2. The number of ether oxygens (including phenoxy) is 1. The van der Waals surface area contributed by atoms with Crippen LogP contribution in [0.25, 0.3) is 10.2 Å². The first-order chi connectivity index (χ1) is 12.6. The van der Waals surface area contributed by atoms with Crippen molar-refractivity contribution in [3.05, 3.63) is 57.6 Å². The van der Waals surface area contributed by atoms with Crippen LogP contribution in [0.1, 0.15) is 16.0 Å². The maximum Gasteiger partial charge on any atom is 0.125 e. The molecular formula is C19H15ClN2OS3. The average molecular weight is 419 g/mol. The summed E-state index contributed by atoms with van der Waals surface area (Å²) in [5, 5.41) is 4.91. The van der Waals surface area contributed by atoms with Crippen LogP contribution >= 0.6 is 47.8 Å². The molecule has 3 aromatic rings. The number of nitrogens with one attached hydrogen (secondary N) is 1. The summed E-state index contributed by atoms with van der Waals surface area (Å²) >= 11 is 17.6. The lowest BCUT2D eigenvalue weighted by Gasteiger charge is -2.10. The number of thiophene rings is 1. The minimum Gasteiger partial charge on any atom is -0.372 e. The van der Waals surface area contributed by atoms with Crippen LogP contribution in [0, 0.1) is 11.8 Å². The number of thiol groups is 1. The van der Waals surface area contributed by atoms with Crippen molar-refractivity contribution in [2.75, 3.05) is 13.7 Å². The Kier molecular flexibility index (Phi) is 6.52. The molecule has 0 bridgehead atoms. The van der Waals surface area contributed by atoms with E-state index in [1.165, 1.54) is 11.3 Å². The molecule has 0 unspecified atom stereocenters. The van der Waals surface area contributed by atoms with Crippen molar-refractivity contribution in [2.45, 2.75) is 11.4 Å². The van der Waals surface area contributed by atoms with Gasteiger partial charge in [0, 0.05) is 40.7 Å². The van der Waals surface area contributed by atoms with Gasteiger partial charge in [0.2, 0.25) is 0 Å². The van der Waals surface area contributed by atoms with E-state index >= 15 is 0 Å². The van der Waals surface area contributed by atoms with Crippen molar-refractivity contribution in [1.82, 2.24) is 10.3 Å². The van der Waals surface area contributed by atoms with E-state index in [2.05, 4.69) is 34.8 Å². The minimum atomic E-state index is 0.402. The van der Waals surface area contributed by atoms with Gasteiger partial charge in [0.15, 0.2) is 0 Å². The van der Waals surface area contributed by atoms with Crippen molar-refractivity contribution < 1.29 is 4.74 Å². The quantitative estimate of drug-likeness (QED) is 0.365. The highest BCUT2D eigenvalue weighted by Gasteiger charge is 2.12. The van der Waals surface area contributed by atoms with Gasteiger partial charge in [0.1, 0.15) is 16.4 Å². The number of aromatic nitrogens is 1. The van der Waals surface area contributed by atoms with Gasteiger partial charge in [-0.25, -0.2) is 4.98 Å². The number of fused-ring (bicyclic) bond motifs is 1. The van der Waals surface area contributed by atoms with Gasteiger partial charge in [-0.3, -0.25) is 0 Å². The number of rotatable bonds is 4. The number of benzene rings is 1. The molecule has 2 aromatic heterocycles. The number of methoxy groups -OCH3 is 1. The van der Waals surface area contributed by atoms with E-state index < -0.39 is 0 Å². The van der Waals surface area contributed by atoms with E-state index in [0.717, 1.165) is 31.1 Å². The van der Waals surface area contributed by atoms with Crippen molar-refractivity contribution >= 4 is 63.0 Å². The van der Waals surface area contributed by atoms with Gasteiger partial charge >= 0.3 is 0 Å². The summed E-state index contributed by atoms with van der Waals surface area (Å²) in [6, 6.07) is 9.63. The van der Waals surface area contributed by atoms with Gasteiger partial charge in [-0.1, -0.05) is 47.8 Å². The highest BCUT2D eigenvalue weighted by molar-refractivity contribution is 7.82. The van der Waals surface area contributed by atoms with Gasteiger partial charge in [0.05, 0.1) is 4.88 Å². The Morgan fingerprint density at radius 2 is 2.15 bits per heavy atom. The zero-order valence-corrected chi connectivity index (χ0v) is 17.2. The summed E-state index contributed by atoms with van der Waals surface area (Å²) in [5.41, 5.74) is 1.90. The van der Waals surface area contributed by atoms with Gasteiger partial charge < -0.3 is 10.1 Å². The van der Waals surface area contributed by atoms with Gasteiger partial charge in [0.25, 0.3) is 0 Å². The highest BCUT2D eigenvalue weighted by atomic mass is 35.5. The van der Waals surface area contributed by atoms with Gasteiger partial charge in [-0.15, -0.1) is 24.0 Å². The van der Waals surface area contributed by atoms with Crippen LogP contribution in [0.4, 0.5) is 0 Å². The van der Waals surface area contributed by atoms with Crippen molar-refractivity contribution in [3.8, 4) is 11.8 Å². The first-order valence-corrected chi connectivity index (χ1v) is 9.75. The number of thiocarbonyl (C=S) groups is 1. The van der Waals surface area contributed by atoms with E-state index in [9.17, 15) is 0 Å². The molecule has 0 spiro atoms. The highest BCUT2D eigenvalue weighted by Crippen LogP contribution is 2.30. The molecule has 2 heterocycles. The van der Waals surface area contributed by atoms with Gasteiger partial charge in [-0.05, 0) is 23.8 Å². The fourth-order valence-electron chi connectivity index (χ4n) is 2.28. The first-order valence-electron chi connectivity index (χ1n) is 7.70. The third-order valence-electron chi connectivity index (χ3n) is 3.57. The molecule has 0 amide bonds. The molecule has 132 valence electrons. The SMILES string of the molecule is COCC#Cc1cc2c(S)c(C(=S)NCc3ccc(Cl)cc3)cnc2s1. The number of hydrogen-bond acceptors (Lipinski definition) is 5. The Bertz CT molecular complexity index is 1000. The number of halogens is 1. The molecular weight excluding hydrogens is 404 g/mol. The third-order valence-corrected chi connectivity index (χ3v) is 5.63. The second-order valence-corrected chi connectivity index (χ2v) is 7.72. The van der Waals surface area contributed by atoms with Crippen LogP contribution in [0.3, 0.4) is 0 Å². The molecule has 1 aromatic carbocycles. The second kappa shape index (κ2) is 8.85. The zero-order valence-electron chi connectivity index (χ0n) is 13.9. The molecule has 1 N–H and O–H groups in total. The lowest BCUT2D eigenvalue weighted by molar-refractivity contribution is 0.240. The topological polar surface area (TPSA) is 34.1 Å². The Morgan fingerprint density at radius 1 is 1.38 bits per heavy atom. The van der Waals surface area contributed by atoms with Crippen LogP contribution < -0.4 is 5.32 Å². The summed E-state index contributed by atoms with van der Waals surface area (Å²) in [4.78, 5) is 7.74. The smallest absolute Gasteiger partial charge is 0.125 e. The van der Waals surface area contributed by atoms with Crippen molar-refractivity contribution in [2.24, 2.45) is 0 Å². The molecule has 0 saturated carbocycles. The Labute approximate surface area is 172 Å². The Morgan fingerprint density at radius 3 is 2.88 bits per heavy atom. The Balaban J connectivity index is 1.78. The van der Waals surface area contributed by atoms with E-state index in [0.29, 0.717) is 23.2 Å². The first kappa shape index (κ1) is 19.2. The molecule has 0 aliphatic carbocycles. The molecule has 7 heteroatoms. The summed E-state index contributed by atoms with van der Waals surface area (Å²) in [7, 11) is 1.62. The standard InChI is InChI=1S/C19H15ClN2OS3/c1-23-8-2-3-14-9-15-17(24)16(11-22-19(15)26-14)18(25)21-10-12-4-6-13(20)7-5-12/h4-7,9,11H,8,10H2,1H3,(H,21,25)(H,22,24). The molecule has 0 atom stereocenters. The van der Waals surface area contributed by atoms with Crippen LogP contribution in [0.15, 0.2) is 41.4 Å². The monoisotopic (exact) mass is 418 g/mol. The predicted octanol–water partition coefficient (Wildman–Crippen LogP) is 4.70. The molecule has 3 rings (SSSR count). The van der Waals surface area contributed by atoms with E-state index in [1.54, 1.807) is 13.3 Å². The Hall–Kier alpha value is -1.62. The summed E-state index contributed by atoms with van der Waals surface area (Å²) in [6.45, 7) is 1.01. The van der Waals surface area contributed by atoms with E-state index in [4.69, 9.17) is 28.6 Å². The molecule has 26 heavy (non-hydrogen) atoms. The van der Waals surface area contributed by atoms with Crippen molar-refractivity contribution in [3.63, 3.8) is 0 Å². The van der Waals surface area contributed by atoms with Crippen LogP contribution in [0.5, 0.6) is 0 Å². The molecule has 3 nitrogen and oxygen atoms in total. The molecule has 0 saturated heterocycles. The van der Waals surface area contributed by atoms with Gasteiger partial charge in [-0.2, -0.15) is 0 Å². The average Bonchev–Trinajstić information content (AvgIpc) is 3.05. The molecule has 0 aliphatic rings. The number of hydrogen-bond donors (Lipinski definition) is 2. The van der Waals surface area contributed by atoms with Crippen LogP contribution in [0.2, 0.25) is 5.02 Å². The summed E-state index contributed by atoms with van der Waals surface area (Å²) in [5.74, 6) is 6.02. The summed E-state index contributed by atoms with van der Waals surface area (Å²) < 4.78 is 4.95. The fourth-order valence-corrected chi connectivity index (χ4v) is 4.01. The van der Waals surface area contributed by atoms with Crippen LogP contribution in [-0.2, 0) is 11.3 Å². The second-order valence-electron chi connectivity index (χ2n) is 5.39. The number of nitrogens with zero attached hydrogens (tertiary/aromatic N) is 1.